The van der Waals surface area contributed by atoms with Gasteiger partial charge < -0.3 is 10.1 Å². The maximum atomic E-state index is 12.8. The highest BCUT2D eigenvalue weighted by Crippen LogP contribution is 2.29. The molecule has 6 nitrogen and oxygen atoms in total. The highest BCUT2D eigenvalue weighted by molar-refractivity contribution is 5.46. The van der Waals surface area contributed by atoms with Gasteiger partial charge in [-0.1, -0.05) is 0 Å². The molecule has 128 valence electrons. The van der Waals surface area contributed by atoms with Crippen molar-refractivity contribution in [2.75, 3.05) is 18.5 Å². The number of rotatable bonds is 5. The third kappa shape index (κ3) is 4.68. The van der Waals surface area contributed by atoms with Crippen molar-refractivity contribution in [3.05, 3.63) is 18.1 Å². The molecule has 23 heavy (non-hydrogen) atoms. The van der Waals surface area contributed by atoms with Gasteiger partial charge in [0.1, 0.15) is 18.8 Å². The molecule has 1 N–H and O–H groups in total. The number of aromatic nitrogens is 4. The van der Waals surface area contributed by atoms with Crippen LogP contribution < -0.4 is 5.32 Å². The minimum atomic E-state index is -4.69. The van der Waals surface area contributed by atoms with E-state index in [9.17, 15) is 26.3 Å². The van der Waals surface area contributed by atoms with E-state index in [0.29, 0.717) is 6.07 Å². The molecule has 0 unspecified atom stereocenters. The predicted molar refractivity (Wildman–Crippen MR) is 65.7 cm³/mol. The van der Waals surface area contributed by atoms with Crippen LogP contribution in [0, 0.1) is 0 Å². The molecular formula is C11H11F6N5O. The summed E-state index contributed by atoms with van der Waals surface area (Å²) in [5.41, 5.74) is -1.19. The van der Waals surface area contributed by atoms with Crippen LogP contribution in [0.4, 0.5) is 32.2 Å². The minimum absolute atomic E-state index is 0.108. The van der Waals surface area contributed by atoms with Crippen LogP contribution in [-0.2, 0) is 10.9 Å². The minimum Gasteiger partial charge on any atom is -0.370 e. The Morgan fingerprint density at radius 2 is 1.96 bits per heavy atom. The van der Waals surface area contributed by atoms with Crippen molar-refractivity contribution in [2.24, 2.45) is 0 Å². The molecule has 0 aliphatic heterocycles. The Morgan fingerprint density at radius 1 is 1.26 bits per heavy atom. The second kappa shape index (κ2) is 6.18. The van der Waals surface area contributed by atoms with E-state index in [-0.39, 0.29) is 18.2 Å². The first-order valence-corrected chi connectivity index (χ1v) is 6.25. The van der Waals surface area contributed by atoms with Crippen LogP contribution >= 0.6 is 0 Å². The van der Waals surface area contributed by atoms with Crippen LogP contribution in [-0.4, -0.2) is 45.0 Å². The van der Waals surface area contributed by atoms with Crippen LogP contribution in [0.5, 0.6) is 0 Å². The van der Waals surface area contributed by atoms with Gasteiger partial charge >= 0.3 is 12.4 Å². The Kier molecular flexibility index (Phi) is 4.63. The molecule has 0 fully saturated rings. The van der Waals surface area contributed by atoms with E-state index < -0.39 is 30.7 Å². The molecule has 2 rings (SSSR count). The van der Waals surface area contributed by atoms with Crippen molar-refractivity contribution in [1.82, 2.24) is 19.6 Å². The van der Waals surface area contributed by atoms with Crippen LogP contribution in [0.1, 0.15) is 12.6 Å². The number of hydrogen-bond donors (Lipinski definition) is 1. The average Bonchev–Trinajstić information content (AvgIpc) is 2.84. The summed E-state index contributed by atoms with van der Waals surface area (Å²) in [7, 11) is 0. The molecular weight excluding hydrogens is 332 g/mol. The Balaban J connectivity index is 2.14. The van der Waals surface area contributed by atoms with Gasteiger partial charge in [-0.2, -0.15) is 40.9 Å². The summed E-state index contributed by atoms with van der Waals surface area (Å²) in [5, 5.41) is 6.30. The van der Waals surface area contributed by atoms with E-state index in [1.54, 1.807) is 0 Å². The summed E-state index contributed by atoms with van der Waals surface area (Å²) in [6, 6.07) is -0.00434. The quantitative estimate of drug-likeness (QED) is 0.846. The highest BCUT2D eigenvalue weighted by atomic mass is 19.4. The van der Waals surface area contributed by atoms with E-state index in [1.165, 1.54) is 6.92 Å². The summed E-state index contributed by atoms with van der Waals surface area (Å²) in [6.07, 6.45) is -8.16. The van der Waals surface area contributed by atoms with E-state index >= 15 is 0 Å². The fraction of sp³-hybridized carbons (Fsp3) is 0.545. The first-order valence-electron chi connectivity index (χ1n) is 6.25. The summed E-state index contributed by atoms with van der Waals surface area (Å²) >= 11 is 0. The third-order valence-corrected chi connectivity index (χ3v) is 2.57. The number of halogens is 6. The van der Waals surface area contributed by atoms with Gasteiger partial charge in [-0.05, 0) is 6.92 Å². The Bertz CT molecular complexity index is 667. The Morgan fingerprint density at radius 3 is 2.57 bits per heavy atom. The lowest BCUT2D eigenvalue weighted by Gasteiger charge is -2.17. The zero-order valence-electron chi connectivity index (χ0n) is 11.6. The number of ether oxygens (including phenoxy) is 1. The van der Waals surface area contributed by atoms with Gasteiger partial charge in [-0.25, -0.2) is 4.98 Å². The molecule has 1 atom stereocenters. The molecule has 0 aromatic carbocycles. The van der Waals surface area contributed by atoms with Crippen LogP contribution in [0.25, 0.3) is 5.78 Å². The fourth-order valence-corrected chi connectivity index (χ4v) is 1.71. The average molecular weight is 343 g/mol. The zero-order valence-corrected chi connectivity index (χ0v) is 11.6. The number of anilines is 1. The Hall–Kier alpha value is -2.11. The van der Waals surface area contributed by atoms with Crippen LogP contribution in [0.15, 0.2) is 12.4 Å². The number of nitrogens with one attached hydrogen (secondary N) is 1. The molecule has 2 heterocycles. The van der Waals surface area contributed by atoms with Gasteiger partial charge in [-0.15, -0.1) is 0 Å². The zero-order chi connectivity index (χ0) is 17.3. The molecule has 0 saturated carbocycles. The summed E-state index contributed by atoms with van der Waals surface area (Å²) in [5.74, 6) is -0.395. The van der Waals surface area contributed by atoms with E-state index in [4.69, 9.17) is 0 Å². The maximum Gasteiger partial charge on any atom is 0.433 e. The number of hydrogen-bond acceptors (Lipinski definition) is 5. The van der Waals surface area contributed by atoms with Crippen LogP contribution in [0.2, 0.25) is 0 Å². The topological polar surface area (TPSA) is 64.3 Å². The highest BCUT2D eigenvalue weighted by Gasteiger charge is 2.34. The van der Waals surface area contributed by atoms with Crippen molar-refractivity contribution < 1.29 is 31.1 Å². The van der Waals surface area contributed by atoms with Gasteiger partial charge in [0, 0.05) is 12.1 Å². The molecule has 0 spiro atoms. The molecule has 2 aromatic rings. The summed E-state index contributed by atoms with van der Waals surface area (Å²) in [4.78, 5) is 6.89. The van der Waals surface area contributed by atoms with Gasteiger partial charge in [0.15, 0.2) is 5.69 Å². The molecule has 0 amide bonds. The Labute approximate surface area is 125 Å². The van der Waals surface area contributed by atoms with E-state index in [2.05, 4.69) is 25.1 Å². The molecule has 0 saturated heterocycles. The van der Waals surface area contributed by atoms with Crippen molar-refractivity contribution in [3.8, 4) is 0 Å². The second-order valence-electron chi connectivity index (χ2n) is 4.67. The van der Waals surface area contributed by atoms with Crippen molar-refractivity contribution in [3.63, 3.8) is 0 Å². The van der Waals surface area contributed by atoms with Crippen molar-refractivity contribution >= 4 is 11.6 Å². The number of alkyl halides is 6. The second-order valence-corrected chi connectivity index (χ2v) is 4.67. The molecule has 12 heteroatoms. The van der Waals surface area contributed by atoms with E-state index in [0.717, 1.165) is 10.8 Å². The third-order valence-electron chi connectivity index (χ3n) is 2.57. The fourth-order valence-electron chi connectivity index (χ4n) is 1.71. The molecule has 2 aromatic heterocycles. The van der Waals surface area contributed by atoms with Gasteiger partial charge in [-0.3, -0.25) is 0 Å². The largest absolute Gasteiger partial charge is 0.433 e. The lowest BCUT2D eigenvalue weighted by molar-refractivity contribution is -0.174. The number of fused-ring (bicyclic) bond motifs is 1. The normalized spacial score (nSPS) is 14.2. The van der Waals surface area contributed by atoms with Crippen molar-refractivity contribution in [2.45, 2.75) is 25.3 Å². The SMILES string of the molecule is C[C@@H](COCC(F)(F)F)Nc1cc(C(F)(F)F)nc2ncnn12. The first-order chi connectivity index (χ1) is 10.6. The molecule has 0 aliphatic rings. The lowest BCUT2D eigenvalue weighted by atomic mass is 10.3. The molecule has 0 radical (unpaired) electrons. The number of nitrogens with zero attached hydrogens (tertiary/aromatic N) is 4. The smallest absolute Gasteiger partial charge is 0.370 e. The predicted octanol–water partition coefficient (Wildman–Crippen LogP) is 2.52. The standard InChI is InChI=1S/C11H11F6N5O/c1-6(3-23-4-10(12,13)14)20-8-2-7(11(15,16)17)21-9-18-5-19-22(8)9/h2,5-6,20H,3-4H2,1H3/t6-/m0/s1. The van der Waals surface area contributed by atoms with Gasteiger partial charge in [0.2, 0.25) is 0 Å². The summed E-state index contributed by atoms with van der Waals surface area (Å²) in [6.45, 7) is -0.353. The molecule has 0 aliphatic carbocycles. The monoisotopic (exact) mass is 343 g/mol. The van der Waals surface area contributed by atoms with Gasteiger partial charge in [0.05, 0.1) is 6.61 Å². The lowest BCUT2D eigenvalue weighted by Crippen LogP contribution is -2.27. The van der Waals surface area contributed by atoms with Crippen LogP contribution in [0.3, 0.4) is 0 Å². The van der Waals surface area contributed by atoms with E-state index in [1.807, 2.05) is 0 Å². The molecule has 0 bridgehead atoms. The summed E-state index contributed by atoms with van der Waals surface area (Å²) < 4.78 is 79.7. The van der Waals surface area contributed by atoms with Crippen molar-refractivity contribution in [1.29, 1.82) is 0 Å². The maximum absolute atomic E-state index is 12.8. The first kappa shape index (κ1) is 17.2. The van der Waals surface area contributed by atoms with Gasteiger partial charge in [0.25, 0.3) is 5.78 Å².